The van der Waals surface area contributed by atoms with Crippen LogP contribution in [0.25, 0.3) is 53.9 Å². The van der Waals surface area contributed by atoms with Crippen molar-refractivity contribution in [2.45, 2.75) is 38.0 Å². The number of benzene rings is 10. The van der Waals surface area contributed by atoms with Crippen LogP contribution in [0.4, 0.5) is 11.4 Å². The Labute approximate surface area is 434 Å². The molecule has 0 aliphatic carbocycles. The monoisotopic (exact) mass is 996 g/mol. The van der Waals surface area contributed by atoms with Crippen molar-refractivity contribution in [1.29, 1.82) is 0 Å². The summed E-state index contributed by atoms with van der Waals surface area (Å²) in [6.45, 7) is 4.70. The van der Waals surface area contributed by atoms with Gasteiger partial charge in [0, 0.05) is 44.4 Å². The van der Waals surface area contributed by atoms with E-state index in [1.807, 2.05) is 111 Å². The third-order valence-electron chi connectivity index (χ3n) is 15.7. The van der Waals surface area contributed by atoms with E-state index >= 15 is 28.8 Å². The summed E-state index contributed by atoms with van der Waals surface area (Å²) >= 11 is 0. The highest BCUT2D eigenvalue weighted by atomic mass is 16.5. The second-order valence-electron chi connectivity index (χ2n) is 19.5. The van der Waals surface area contributed by atoms with E-state index in [9.17, 15) is 0 Å². The number of amides is 6. The van der Waals surface area contributed by atoms with Gasteiger partial charge in [0.05, 0.1) is 25.3 Å². The molecular weight excluding hydrogens is 953 g/mol. The number of rotatable bonds is 10. The van der Waals surface area contributed by atoms with Gasteiger partial charge < -0.3 is 19.3 Å². The predicted molar refractivity (Wildman–Crippen MR) is 291 cm³/mol. The van der Waals surface area contributed by atoms with Crippen LogP contribution < -0.4 is 19.3 Å². The summed E-state index contributed by atoms with van der Waals surface area (Å²) in [5.74, 6) is -2.58. The van der Waals surface area contributed by atoms with Crippen LogP contribution in [-0.2, 0) is 9.59 Å². The van der Waals surface area contributed by atoms with Gasteiger partial charge in [-0.2, -0.15) is 0 Å². The van der Waals surface area contributed by atoms with Crippen LogP contribution in [0.2, 0.25) is 0 Å². The molecule has 10 aromatic carbocycles. The molecule has 368 valence electrons. The zero-order chi connectivity index (χ0) is 51.7. The zero-order valence-electron chi connectivity index (χ0n) is 41.1. The number of carbonyl (C=O) groups is 6. The number of fused-ring (bicyclic) bond motifs is 4. The fourth-order valence-corrected chi connectivity index (χ4v) is 12.5. The number of β-lactam (4-membered cyclic amide) rings is 2. The van der Waals surface area contributed by atoms with Crippen LogP contribution in [0.3, 0.4) is 0 Å². The SMILES string of the molecule is CCOc1ccc(N2C(=O)C(N3C(=O)c4ccc5c6c(ccc(c46)C3=O)C(=O)N(C3C(=O)N(c4ccc(OCC)cc4)C3c3c4ccccc4cc4ccccc34)C5=O)C2c2c3ccccc3cc3ccccc23)cc1. The zero-order valence-corrected chi connectivity index (χ0v) is 41.1. The number of hydrogen-bond donors (Lipinski definition) is 0. The minimum atomic E-state index is -1.28. The number of nitrogens with zero attached hydrogens (tertiary/aromatic N) is 4. The average Bonchev–Trinajstić information content (AvgIpc) is 3.63. The van der Waals surface area contributed by atoms with Crippen molar-refractivity contribution < 1.29 is 38.2 Å². The van der Waals surface area contributed by atoms with Gasteiger partial charge in [0.15, 0.2) is 0 Å². The molecule has 76 heavy (non-hydrogen) atoms. The fraction of sp³-hybridized carbons (Fsp3) is 0.125. The van der Waals surface area contributed by atoms with E-state index in [1.54, 1.807) is 58.3 Å². The first-order valence-corrected chi connectivity index (χ1v) is 25.4. The average molecular weight is 997 g/mol. The van der Waals surface area contributed by atoms with Crippen molar-refractivity contribution in [3.63, 3.8) is 0 Å². The summed E-state index contributed by atoms with van der Waals surface area (Å²) in [6.07, 6.45) is 0. The molecule has 0 bridgehead atoms. The van der Waals surface area contributed by atoms with Crippen molar-refractivity contribution >= 4 is 101 Å². The highest BCUT2D eigenvalue weighted by Crippen LogP contribution is 2.52. The molecule has 0 spiro atoms. The maximum Gasteiger partial charge on any atom is 0.262 e. The Morgan fingerprint density at radius 3 is 0.921 bits per heavy atom. The highest BCUT2D eigenvalue weighted by molar-refractivity contribution is 6.35. The largest absolute Gasteiger partial charge is 0.494 e. The Hall–Kier alpha value is -9.68. The van der Waals surface area contributed by atoms with Gasteiger partial charge in [-0.25, -0.2) is 0 Å². The lowest BCUT2D eigenvalue weighted by atomic mass is 9.78. The van der Waals surface area contributed by atoms with Crippen LogP contribution in [-0.4, -0.2) is 70.5 Å². The molecule has 12 nitrogen and oxygen atoms in total. The molecule has 0 N–H and O–H groups in total. The molecular formula is C64H44N4O8. The van der Waals surface area contributed by atoms with E-state index in [1.165, 1.54) is 24.3 Å². The van der Waals surface area contributed by atoms with Gasteiger partial charge in [0.1, 0.15) is 23.6 Å². The normalized spacial score (nSPS) is 19.1. The van der Waals surface area contributed by atoms with E-state index in [0.29, 0.717) is 36.1 Å². The summed E-state index contributed by atoms with van der Waals surface area (Å²) < 4.78 is 11.5. The lowest BCUT2D eigenvalue weighted by Gasteiger charge is -2.52. The second-order valence-corrected chi connectivity index (χ2v) is 19.5. The number of carbonyl (C=O) groups excluding carboxylic acids is 6. The molecule has 4 aliphatic heterocycles. The van der Waals surface area contributed by atoms with Crippen molar-refractivity contribution in [2.24, 2.45) is 0 Å². The molecule has 4 aliphatic rings. The Bertz CT molecular complexity index is 3780. The molecule has 2 fully saturated rings. The fourth-order valence-electron chi connectivity index (χ4n) is 12.5. The molecule has 10 aromatic rings. The van der Waals surface area contributed by atoms with Crippen LogP contribution >= 0.6 is 0 Å². The smallest absolute Gasteiger partial charge is 0.262 e. The molecule has 0 saturated carbocycles. The summed E-state index contributed by atoms with van der Waals surface area (Å²) in [6, 6.07) is 51.8. The number of anilines is 2. The second kappa shape index (κ2) is 16.9. The van der Waals surface area contributed by atoms with Crippen molar-refractivity contribution in [3.8, 4) is 11.5 Å². The van der Waals surface area contributed by atoms with Gasteiger partial charge in [0.2, 0.25) is 0 Å². The molecule has 0 aromatic heterocycles. The van der Waals surface area contributed by atoms with E-state index in [0.717, 1.165) is 64.0 Å². The van der Waals surface area contributed by atoms with Gasteiger partial charge >= 0.3 is 0 Å². The van der Waals surface area contributed by atoms with Crippen LogP contribution in [0.1, 0.15) is 78.5 Å². The molecule has 4 atom stereocenters. The van der Waals surface area contributed by atoms with Gasteiger partial charge in [-0.1, -0.05) is 97.1 Å². The Morgan fingerprint density at radius 1 is 0.342 bits per heavy atom. The first kappa shape index (κ1) is 45.0. The molecule has 6 amide bonds. The topological polar surface area (TPSA) is 134 Å². The highest BCUT2D eigenvalue weighted by Gasteiger charge is 2.60. The summed E-state index contributed by atoms with van der Waals surface area (Å²) in [5, 5.41) is 7.45. The van der Waals surface area contributed by atoms with E-state index < -0.39 is 59.6 Å². The van der Waals surface area contributed by atoms with Gasteiger partial charge in [-0.3, -0.25) is 38.6 Å². The quantitative estimate of drug-likeness (QED) is 0.0751. The molecule has 2 saturated heterocycles. The third-order valence-corrected chi connectivity index (χ3v) is 15.7. The Kier molecular flexibility index (Phi) is 10.0. The predicted octanol–water partition coefficient (Wildman–Crippen LogP) is 11.8. The summed E-state index contributed by atoms with van der Waals surface area (Å²) in [4.78, 5) is 96.8. The van der Waals surface area contributed by atoms with Crippen LogP contribution in [0, 0.1) is 0 Å². The van der Waals surface area contributed by atoms with Crippen molar-refractivity contribution in [2.75, 3.05) is 23.0 Å². The van der Waals surface area contributed by atoms with Crippen molar-refractivity contribution in [3.05, 3.63) is 215 Å². The summed E-state index contributed by atoms with van der Waals surface area (Å²) in [5.41, 5.74) is 2.96. The third kappa shape index (κ3) is 6.30. The van der Waals surface area contributed by atoms with Gasteiger partial charge in [0.25, 0.3) is 35.4 Å². The number of imide groups is 2. The molecule has 0 radical (unpaired) electrons. The van der Waals surface area contributed by atoms with Gasteiger partial charge in [-0.15, -0.1) is 0 Å². The van der Waals surface area contributed by atoms with Crippen LogP contribution in [0.5, 0.6) is 11.5 Å². The molecule has 4 unspecified atom stereocenters. The van der Waals surface area contributed by atoms with E-state index in [4.69, 9.17) is 9.47 Å². The standard InChI is InChI=1S/C64H44N4O8/c1-3-75-41-25-21-39(22-26-41)65-55(53-43-17-9-5-13-35(43)33-36-14-6-10-18-44(36)53)57(63(65)73)67-59(69)47-29-31-49-52-50(32-30-48(51(47)52)60(67)70)62(72)68(61(49)71)58-56(66(64(58)74)40-23-27-42(28-24-40)76-4-2)54-45-19-11-7-15-37(45)34-38-16-8-12-20-46(38)54/h5-34,55-58H,3-4H2,1-2H3. The Morgan fingerprint density at radius 2 is 0.632 bits per heavy atom. The minimum absolute atomic E-state index is 0.0691. The van der Waals surface area contributed by atoms with E-state index in [-0.39, 0.29) is 33.0 Å². The molecule has 4 heterocycles. The summed E-state index contributed by atoms with van der Waals surface area (Å²) in [7, 11) is 0. The number of ether oxygens (including phenoxy) is 2. The maximum absolute atomic E-state index is 15.3. The lowest BCUT2D eigenvalue weighted by molar-refractivity contribution is -0.130. The molecule has 12 heteroatoms. The number of hydrogen-bond acceptors (Lipinski definition) is 8. The van der Waals surface area contributed by atoms with E-state index in [2.05, 4.69) is 12.1 Å². The first-order valence-electron chi connectivity index (χ1n) is 25.4. The van der Waals surface area contributed by atoms with Crippen molar-refractivity contribution in [1.82, 2.24) is 9.80 Å². The Balaban J connectivity index is 0.883. The minimum Gasteiger partial charge on any atom is -0.494 e. The van der Waals surface area contributed by atoms with Crippen LogP contribution in [0.15, 0.2) is 182 Å². The maximum atomic E-state index is 15.3. The van der Waals surface area contributed by atoms with Gasteiger partial charge in [-0.05, 0) is 153 Å². The first-order chi connectivity index (χ1) is 37.2. The molecule has 14 rings (SSSR count). The lowest BCUT2D eigenvalue weighted by Crippen LogP contribution is -2.69.